The van der Waals surface area contributed by atoms with E-state index in [1.54, 1.807) is 24.3 Å². The van der Waals surface area contributed by atoms with Crippen LogP contribution in [0.4, 0.5) is 5.69 Å². The van der Waals surface area contributed by atoms with Gasteiger partial charge in [-0.2, -0.15) is 0 Å². The highest BCUT2D eigenvalue weighted by Gasteiger charge is 2.18. The number of anilines is 1. The molecule has 1 rings (SSSR count). The molecular weight excluding hydrogens is 190 g/mol. The van der Waals surface area contributed by atoms with Crippen molar-refractivity contribution in [2.45, 2.75) is 5.25 Å². The van der Waals surface area contributed by atoms with E-state index in [9.17, 15) is 4.21 Å². The summed E-state index contributed by atoms with van der Waals surface area (Å²) < 4.78 is 19.6. The zero-order valence-electron chi connectivity index (χ0n) is 6.88. The van der Waals surface area contributed by atoms with Crippen LogP contribution in [0.1, 0.15) is 10.8 Å². The summed E-state index contributed by atoms with van der Waals surface area (Å²) in [7, 11) is 0. The molecule has 4 nitrogen and oxygen atoms in total. The van der Waals surface area contributed by atoms with E-state index in [1.807, 2.05) is 0 Å². The molecule has 0 aliphatic rings. The largest absolute Gasteiger partial charge is 0.398 e. The lowest BCUT2D eigenvalue weighted by Gasteiger charge is -2.11. The van der Waals surface area contributed by atoms with Crippen molar-refractivity contribution in [2.75, 3.05) is 12.3 Å². The lowest BCUT2D eigenvalue weighted by atomic mass is 10.1. The lowest BCUT2D eigenvalue weighted by molar-refractivity contribution is 0.290. The number of hydrogen-bond donors (Lipinski definition) is 3. The molecule has 0 amide bonds. The van der Waals surface area contributed by atoms with Crippen molar-refractivity contribution in [3.05, 3.63) is 29.8 Å². The van der Waals surface area contributed by atoms with Crippen LogP contribution in [0.2, 0.25) is 0 Å². The van der Waals surface area contributed by atoms with Crippen LogP contribution in [0.5, 0.6) is 0 Å². The van der Waals surface area contributed by atoms with Crippen molar-refractivity contribution in [2.24, 2.45) is 0 Å². The minimum absolute atomic E-state index is 0.392. The van der Waals surface area contributed by atoms with Gasteiger partial charge in [0.15, 0.2) is 11.1 Å². The number of hydrogen-bond acceptors (Lipinski definition) is 3. The molecule has 0 aliphatic carbocycles. The molecular formula is C8H11NO3S. The fourth-order valence-corrected chi connectivity index (χ4v) is 1.63. The second kappa shape index (κ2) is 4.36. The fourth-order valence-electron chi connectivity index (χ4n) is 1.07. The fraction of sp³-hybridized carbons (Fsp3) is 0.250. The smallest absolute Gasteiger partial charge is 0.163 e. The quantitative estimate of drug-likeness (QED) is 0.492. The number of para-hydroxylation sites is 1. The lowest BCUT2D eigenvalue weighted by Crippen LogP contribution is -2.12. The normalized spacial score (nSPS) is 15.2. The summed E-state index contributed by atoms with van der Waals surface area (Å²) >= 11 is -2.09. The third kappa shape index (κ3) is 2.27. The van der Waals surface area contributed by atoms with E-state index in [4.69, 9.17) is 15.4 Å². The predicted molar refractivity (Wildman–Crippen MR) is 51.5 cm³/mol. The number of aliphatic hydroxyl groups excluding tert-OH is 1. The molecule has 1 aromatic rings. The van der Waals surface area contributed by atoms with E-state index in [2.05, 4.69) is 0 Å². The maximum Gasteiger partial charge on any atom is 0.163 e. The molecule has 0 aromatic heterocycles. The van der Waals surface area contributed by atoms with E-state index in [0.29, 0.717) is 11.3 Å². The summed E-state index contributed by atoms with van der Waals surface area (Å²) in [5.41, 5.74) is 6.50. The van der Waals surface area contributed by atoms with Crippen LogP contribution >= 0.6 is 0 Å². The van der Waals surface area contributed by atoms with Gasteiger partial charge in [0, 0.05) is 5.69 Å². The van der Waals surface area contributed by atoms with Gasteiger partial charge in [0.1, 0.15) is 5.25 Å². The summed E-state index contributed by atoms with van der Waals surface area (Å²) in [4.78, 5) is 0. The van der Waals surface area contributed by atoms with Gasteiger partial charge >= 0.3 is 0 Å². The van der Waals surface area contributed by atoms with Gasteiger partial charge in [-0.25, -0.2) is 4.21 Å². The van der Waals surface area contributed by atoms with Crippen molar-refractivity contribution in [1.29, 1.82) is 0 Å². The summed E-state index contributed by atoms with van der Waals surface area (Å²) in [5, 5.41) is 8.05. The summed E-state index contributed by atoms with van der Waals surface area (Å²) in [6.45, 7) is -0.392. The summed E-state index contributed by atoms with van der Waals surface area (Å²) in [6.07, 6.45) is 0. The second-order valence-corrected chi connectivity index (χ2v) is 3.70. The van der Waals surface area contributed by atoms with E-state index in [-0.39, 0.29) is 0 Å². The van der Waals surface area contributed by atoms with Crippen LogP contribution in [0, 0.1) is 0 Å². The minimum Gasteiger partial charge on any atom is -0.398 e. The highest BCUT2D eigenvalue weighted by Crippen LogP contribution is 2.23. The van der Waals surface area contributed by atoms with Crippen LogP contribution in [0.15, 0.2) is 24.3 Å². The Bertz CT molecular complexity index is 316. The third-order valence-corrected chi connectivity index (χ3v) is 2.64. The van der Waals surface area contributed by atoms with E-state index < -0.39 is 22.9 Å². The van der Waals surface area contributed by atoms with Crippen LogP contribution in [0.25, 0.3) is 0 Å². The first-order valence-electron chi connectivity index (χ1n) is 3.71. The SMILES string of the molecule is Nc1ccccc1C(CO)S(=O)O. The number of aliphatic hydroxyl groups is 1. The van der Waals surface area contributed by atoms with Gasteiger partial charge in [0.2, 0.25) is 0 Å². The number of nitrogens with two attached hydrogens (primary N) is 1. The molecule has 0 saturated carbocycles. The molecule has 1 aromatic carbocycles. The molecule has 4 N–H and O–H groups in total. The molecule has 0 saturated heterocycles. The molecule has 0 aliphatic heterocycles. The maximum atomic E-state index is 10.8. The Morgan fingerprint density at radius 1 is 1.46 bits per heavy atom. The van der Waals surface area contributed by atoms with Crippen LogP contribution < -0.4 is 5.73 Å². The molecule has 5 heteroatoms. The van der Waals surface area contributed by atoms with Gasteiger partial charge in [-0.15, -0.1) is 0 Å². The average Bonchev–Trinajstić information content (AvgIpc) is 2.09. The molecule has 2 atom stereocenters. The highest BCUT2D eigenvalue weighted by molar-refractivity contribution is 7.79. The Morgan fingerprint density at radius 3 is 2.54 bits per heavy atom. The molecule has 0 fully saturated rings. The van der Waals surface area contributed by atoms with Crippen molar-refractivity contribution in [1.82, 2.24) is 0 Å². The summed E-state index contributed by atoms with van der Waals surface area (Å²) in [6, 6.07) is 6.70. The molecule has 0 heterocycles. The standard InChI is InChI=1S/C8H11NO3S/c9-7-4-2-1-3-6(7)8(5-10)13(11)12/h1-4,8,10H,5,9H2,(H,11,12). The first-order chi connectivity index (χ1) is 6.16. The topological polar surface area (TPSA) is 83.5 Å². The summed E-state index contributed by atoms with van der Waals surface area (Å²) in [5.74, 6) is 0. The maximum absolute atomic E-state index is 10.8. The molecule has 2 unspecified atom stereocenters. The number of benzene rings is 1. The van der Waals surface area contributed by atoms with Gasteiger partial charge in [0.05, 0.1) is 6.61 Å². The number of nitrogen functional groups attached to an aromatic ring is 1. The van der Waals surface area contributed by atoms with E-state index >= 15 is 0 Å². The first-order valence-corrected chi connectivity index (χ1v) is 4.88. The monoisotopic (exact) mass is 201 g/mol. The van der Waals surface area contributed by atoms with Gasteiger partial charge in [-0.1, -0.05) is 18.2 Å². The van der Waals surface area contributed by atoms with Crippen molar-refractivity contribution < 1.29 is 13.9 Å². The predicted octanol–water partition coefficient (Wildman–Crippen LogP) is 0.524. The van der Waals surface area contributed by atoms with Crippen molar-refractivity contribution in [3.8, 4) is 0 Å². The second-order valence-electron chi connectivity index (χ2n) is 2.58. The Labute approximate surface area is 78.7 Å². The number of rotatable bonds is 3. The third-order valence-electron chi connectivity index (χ3n) is 1.75. The Kier molecular flexibility index (Phi) is 3.41. The van der Waals surface area contributed by atoms with Crippen LogP contribution in [0.3, 0.4) is 0 Å². The Balaban J connectivity index is 3.04. The molecule has 0 bridgehead atoms. The van der Waals surface area contributed by atoms with Gasteiger partial charge in [-0.05, 0) is 11.6 Å². The van der Waals surface area contributed by atoms with Gasteiger partial charge < -0.3 is 15.4 Å². The molecule has 0 radical (unpaired) electrons. The Hall–Kier alpha value is -0.910. The van der Waals surface area contributed by atoms with Crippen LogP contribution in [-0.4, -0.2) is 20.5 Å². The zero-order valence-corrected chi connectivity index (χ0v) is 7.70. The van der Waals surface area contributed by atoms with Crippen molar-refractivity contribution in [3.63, 3.8) is 0 Å². The minimum atomic E-state index is -2.09. The van der Waals surface area contributed by atoms with E-state index in [0.717, 1.165) is 0 Å². The van der Waals surface area contributed by atoms with Crippen LogP contribution in [-0.2, 0) is 11.1 Å². The first kappa shape index (κ1) is 10.2. The molecule has 0 spiro atoms. The van der Waals surface area contributed by atoms with Crippen molar-refractivity contribution >= 4 is 16.8 Å². The zero-order chi connectivity index (χ0) is 9.84. The molecule has 72 valence electrons. The van der Waals surface area contributed by atoms with E-state index in [1.165, 1.54) is 0 Å². The van der Waals surface area contributed by atoms with Gasteiger partial charge in [0.25, 0.3) is 0 Å². The molecule has 13 heavy (non-hydrogen) atoms. The highest BCUT2D eigenvalue weighted by atomic mass is 32.2. The average molecular weight is 201 g/mol. The van der Waals surface area contributed by atoms with Gasteiger partial charge in [-0.3, -0.25) is 0 Å². The Morgan fingerprint density at radius 2 is 2.08 bits per heavy atom.